The van der Waals surface area contributed by atoms with Gasteiger partial charge in [0.05, 0.1) is 0 Å². The Hall–Kier alpha value is -13.1. The summed E-state index contributed by atoms with van der Waals surface area (Å²) in [5.41, 5.74) is 32.1. The topological polar surface area (TPSA) is 962 Å². The molecule has 2 aromatic heterocycles. The van der Waals surface area contributed by atoms with Gasteiger partial charge in [-0.1, -0.05) is 199 Å². The second-order valence-corrected chi connectivity index (χ2v) is 23.2. The van der Waals surface area contributed by atoms with Crippen molar-refractivity contribution in [1.29, 1.82) is 0 Å². The molecule has 6 aromatic carbocycles. The summed E-state index contributed by atoms with van der Waals surface area (Å²) in [4.78, 5) is 139. The third-order valence-electron chi connectivity index (χ3n) is 15.3. The lowest BCUT2D eigenvalue weighted by atomic mass is 10.1. The van der Waals surface area contributed by atoms with E-state index in [1.165, 1.54) is 123 Å². The number of nitrogens with zero attached hydrogens (tertiary/aromatic N) is 2. The number of rotatable bonds is 17. The zero-order valence-electron chi connectivity index (χ0n) is 80.8. The third kappa shape index (κ3) is 104. The van der Waals surface area contributed by atoms with Crippen LogP contribution in [0.1, 0.15) is 145 Å². The first-order valence-electron chi connectivity index (χ1n) is 37.7. The Balaban J connectivity index is -0.0000000461. The third-order valence-corrected chi connectivity index (χ3v) is 15.3. The summed E-state index contributed by atoms with van der Waals surface area (Å²) in [6.45, 7) is 40.0. The average molecular weight is 1870 g/mol. The number of hydrogen-bond donors (Lipinski definition) is 26. The zero-order valence-corrected chi connectivity index (χ0v) is 80.8. The number of hydrogen-bond acceptors (Lipinski definition) is 32. The minimum atomic E-state index is -0.509. The van der Waals surface area contributed by atoms with Crippen LogP contribution in [0.15, 0.2) is 186 Å². The van der Waals surface area contributed by atoms with Crippen molar-refractivity contribution in [3.63, 3.8) is 0 Å². The van der Waals surface area contributed by atoms with Crippen LogP contribution in [0.3, 0.4) is 0 Å². The highest BCUT2D eigenvalue weighted by Gasteiger charge is 2.19. The molecule has 42 nitrogen and oxygen atoms in total. The monoisotopic (exact) mass is 1870 g/mol. The van der Waals surface area contributed by atoms with Crippen LogP contribution in [0.2, 0.25) is 0 Å². The largest absolute Gasteiger partial charge is 0.370 e. The number of carbonyl (C=O) groups is 14. The van der Waals surface area contributed by atoms with Gasteiger partial charge in [-0.15, -0.1) is 0 Å². The maximum atomic E-state index is 11.5. The highest BCUT2D eigenvalue weighted by Crippen LogP contribution is 2.21. The van der Waals surface area contributed by atoms with Crippen LogP contribution in [0.5, 0.6) is 0 Å². The molecule has 0 saturated carbocycles. The highest BCUT2D eigenvalue weighted by atomic mass is 16.2. The van der Waals surface area contributed by atoms with Crippen molar-refractivity contribution in [3.05, 3.63) is 215 Å². The molecule has 8 aromatic rings. The number of amides is 4. The van der Waals surface area contributed by atoms with Crippen LogP contribution in [-0.2, 0) is 112 Å². The molecule has 2 fully saturated rings. The molecule has 2 atom stereocenters. The lowest BCUT2D eigenvalue weighted by molar-refractivity contribution is -0.127. The zero-order chi connectivity index (χ0) is 91.1. The number of carbonyl (C=O) groups excluding carboxylic acids is 14. The molecular weight excluding hydrogens is 1690 g/mol. The normalized spacial score (nSPS) is 9.44. The van der Waals surface area contributed by atoms with Crippen molar-refractivity contribution in [2.75, 3.05) is 53.4 Å². The number of para-hydroxylation sites is 2. The smallest absolute Gasteiger partial charge is 0.242 e. The number of aromatic amines is 2. The van der Waals surface area contributed by atoms with E-state index >= 15 is 0 Å². The van der Waals surface area contributed by atoms with Gasteiger partial charge in [0.1, 0.15) is 80.0 Å². The summed E-state index contributed by atoms with van der Waals surface area (Å²) < 4.78 is 0. The van der Waals surface area contributed by atoms with Crippen molar-refractivity contribution in [2.24, 2.45) is 32.9 Å². The number of nitrogens with two attached hydrogens (primary N) is 4. The van der Waals surface area contributed by atoms with Crippen molar-refractivity contribution in [1.82, 2.24) is 128 Å². The van der Waals surface area contributed by atoms with Gasteiger partial charge in [0, 0.05) is 88.1 Å². The molecule has 4 amide bonds. The van der Waals surface area contributed by atoms with Crippen molar-refractivity contribution in [2.45, 2.75) is 163 Å². The minimum absolute atomic E-state index is 0. The molecule has 11 rings (SSSR count). The molecule has 2 aliphatic heterocycles. The molecule has 2 saturated heterocycles. The van der Waals surface area contributed by atoms with E-state index in [0.29, 0.717) is 12.8 Å². The van der Waals surface area contributed by atoms with Gasteiger partial charge >= 0.3 is 0 Å². The Bertz CT molecular complexity index is 3380. The van der Waals surface area contributed by atoms with Crippen LogP contribution < -0.4 is 141 Å². The van der Waals surface area contributed by atoms with Crippen LogP contribution in [0, 0.1) is 0 Å². The van der Waals surface area contributed by atoms with E-state index in [1.54, 1.807) is 25.2 Å². The summed E-state index contributed by atoms with van der Waals surface area (Å²) in [5.74, 6) is -0.385. The maximum Gasteiger partial charge on any atom is 0.242 e. The van der Waals surface area contributed by atoms with E-state index in [4.69, 9.17) is 70.9 Å². The van der Waals surface area contributed by atoms with E-state index in [-0.39, 0.29) is 122 Å². The number of H-pyrrole nitrogens is 2. The Morgan fingerprint density at radius 3 is 0.794 bits per heavy atom. The number of guanidine groups is 2. The second-order valence-electron chi connectivity index (χ2n) is 23.2. The van der Waals surface area contributed by atoms with E-state index < -0.39 is 12.1 Å². The number of fused-ring (bicyclic) bond motifs is 3. The molecule has 42 heteroatoms. The number of aromatic nitrogens is 2. The first-order valence-corrected chi connectivity index (χ1v) is 37.7. The number of aliphatic imine (C=N–C) groups is 2. The van der Waals surface area contributed by atoms with E-state index in [9.17, 15) is 19.2 Å². The Kier molecular flexibility index (Phi) is 195. The number of likely N-dealkylation sites (N-methyl/N-ethyl adjacent to an activating group) is 2. The molecule has 58 N–H and O–H groups in total. The molecular formula is C89H180N28O14. The standard InChI is InChI=1S/2C12H16N2O2.2C10H11N.C9H10.C8H10.2C5H13N3.2C4H9N.10CH2O.14H3N/c2*1-9(15)14-11(12(16)13-2)8-10-6-4-3-5-7-10;2*1-2-8-7-11-10-6-4-3-5-9(8)10;1-2-5-9-7-3-6-8(9)4-1;1-2-8-6-4-3-5-7-8;2*1-2-3-4-8-5(6)7;2*1-2-4-5-3-1;10*1-2;;;;;;;;;;;;;;/h2*3-7,11H,8H2,1-2H3,(H,13,16)(H,14,15);2*3-7,11H,2H2,1H3;1-2,4-5H,3,6-7H2;3-7H,2H2,1H3;2*2-4H2,1H3,(H4,6,7,8);2*5H,1-4H2;10*1H2;14*1H3/t2*11-;;;;;;;;;;;;;;;;;;;;;;;;;;;;;;;;/m00................................/s1. The van der Waals surface area contributed by atoms with Crippen molar-refractivity contribution in [3.8, 4) is 0 Å². The van der Waals surface area contributed by atoms with Gasteiger partial charge in [-0.3, -0.25) is 29.2 Å². The first kappa shape index (κ1) is 179. The summed E-state index contributed by atoms with van der Waals surface area (Å²) in [6, 6.07) is 54.1. The van der Waals surface area contributed by atoms with Gasteiger partial charge in [0.25, 0.3) is 0 Å². The average Bonchev–Trinajstić information content (AvgIpc) is 1.70. The second kappa shape index (κ2) is 143. The SMILES string of the molecule is C1CCNC1.C1CCNC1.C=O.C=O.C=O.C=O.C=O.C=O.C=O.C=O.C=O.C=O.CCCCN=C(N)N.CCCCN=C(N)N.CCc1c[nH]c2ccccc12.CCc1c[nH]c2ccccc12.CCc1ccccc1.CNC(=O)[C@H](Cc1ccccc1)NC(C)=O.CNC(=O)[C@H](Cc1ccccc1)NC(C)=O.N.N.N.N.N.N.N.N.N.N.N.N.N.N.c1ccc2c(c1)CCC2. The maximum absolute atomic E-state index is 11.5. The van der Waals surface area contributed by atoms with Gasteiger partial charge < -0.3 is 199 Å². The van der Waals surface area contributed by atoms with E-state index in [2.05, 4.69) is 196 Å². The molecule has 0 spiro atoms. The lowest BCUT2D eigenvalue weighted by Crippen LogP contribution is -2.46. The van der Waals surface area contributed by atoms with Crippen LogP contribution in [0.4, 0.5) is 0 Å². The van der Waals surface area contributed by atoms with Crippen LogP contribution in [-0.4, -0.2) is 179 Å². The fourth-order valence-electron chi connectivity index (χ4n) is 10.0. The van der Waals surface area contributed by atoms with Gasteiger partial charge in [-0.05, 0) is 154 Å². The fraction of sp³-hybridized carbons (Fsp3) is 0.371. The Labute approximate surface area is 781 Å². The Morgan fingerprint density at radius 2 is 0.588 bits per heavy atom. The van der Waals surface area contributed by atoms with E-state index in [0.717, 1.165) is 69.2 Å². The minimum Gasteiger partial charge on any atom is -0.370 e. The van der Waals surface area contributed by atoms with Gasteiger partial charge in [0.2, 0.25) is 23.6 Å². The van der Waals surface area contributed by atoms with Gasteiger partial charge in [0.15, 0.2) is 11.9 Å². The van der Waals surface area contributed by atoms with Gasteiger partial charge in [-0.25, -0.2) is 0 Å². The summed E-state index contributed by atoms with van der Waals surface area (Å²) in [6.07, 6.45) is 22.4. The first-order chi connectivity index (χ1) is 57.0. The fourth-order valence-corrected chi connectivity index (χ4v) is 10.0. The molecule has 0 radical (unpaired) electrons. The quantitative estimate of drug-likeness (QED) is 0.0229. The van der Waals surface area contributed by atoms with Crippen LogP contribution >= 0.6 is 0 Å². The lowest BCUT2D eigenvalue weighted by Gasteiger charge is -2.16. The van der Waals surface area contributed by atoms with Crippen molar-refractivity contribution < 1.29 is 67.1 Å². The van der Waals surface area contributed by atoms with Crippen LogP contribution in [0.25, 0.3) is 21.8 Å². The number of nitrogens with one attached hydrogen (secondary N) is 8. The summed E-state index contributed by atoms with van der Waals surface area (Å²) >= 11 is 0. The van der Waals surface area contributed by atoms with Crippen molar-refractivity contribution >= 4 is 125 Å². The Morgan fingerprint density at radius 1 is 0.344 bits per heavy atom. The molecule has 0 unspecified atom stereocenters. The summed E-state index contributed by atoms with van der Waals surface area (Å²) in [7, 11) is 3.12. The number of unbranched alkanes of at least 4 members (excludes halogenated alkanes) is 2. The molecule has 4 heterocycles. The molecule has 3 aliphatic rings. The predicted octanol–water partition coefficient (Wildman–Crippen LogP) is 12.1. The molecule has 760 valence electrons. The van der Waals surface area contributed by atoms with E-state index in [1.807, 2.05) is 135 Å². The van der Waals surface area contributed by atoms with Gasteiger partial charge in [-0.2, -0.15) is 0 Å². The number of benzene rings is 6. The summed E-state index contributed by atoms with van der Waals surface area (Å²) in [5, 5.41) is 19.5. The molecule has 1 aliphatic carbocycles. The number of aryl methyl sites for hydroxylation is 5. The molecule has 131 heavy (non-hydrogen) atoms. The highest BCUT2D eigenvalue weighted by molar-refractivity contribution is 5.88. The molecule has 0 bridgehead atoms. The predicted molar refractivity (Wildman–Crippen MR) is 550 cm³/mol.